The Hall–Kier alpha value is -2.18. The van der Waals surface area contributed by atoms with Crippen molar-refractivity contribution in [3.05, 3.63) is 35.4 Å². The van der Waals surface area contributed by atoms with Crippen LogP contribution >= 0.6 is 0 Å². The molecule has 1 aromatic rings. The molecule has 1 aliphatic rings. The van der Waals surface area contributed by atoms with E-state index in [2.05, 4.69) is 10.6 Å². The average Bonchev–Trinajstić information content (AvgIpc) is 2.65. The molecular formula is C15H19F2N3O2. The number of nitrogens with one attached hydrogen (secondary N) is 2. The first-order valence-corrected chi connectivity index (χ1v) is 7.25. The van der Waals surface area contributed by atoms with Gasteiger partial charge in [-0.3, -0.25) is 4.79 Å². The maximum absolute atomic E-state index is 13.5. The highest BCUT2D eigenvalue weighted by atomic mass is 19.1. The highest BCUT2D eigenvalue weighted by molar-refractivity contribution is 5.87. The molecule has 120 valence electrons. The number of rotatable bonds is 3. The number of amides is 3. The van der Waals surface area contributed by atoms with Crippen LogP contribution in [0.1, 0.15) is 18.9 Å². The fraction of sp³-hybridized carbons (Fsp3) is 0.467. The summed E-state index contributed by atoms with van der Waals surface area (Å²) in [5.41, 5.74) is 0.210. The lowest BCUT2D eigenvalue weighted by molar-refractivity contribution is -0.124. The van der Waals surface area contributed by atoms with Gasteiger partial charge in [0.2, 0.25) is 5.91 Å². The summed E-state index contributed by atoms with van der Waals surface area (Å²) in [4.78, 5) is 25.2. The van der Waals surface area contributed by atoms with E-state index < -0.39 is 17.7 Å². The van der Waals surface area contributed by atoms with Gasteiger partial charge in [0.15, 0.2) is 0 Å². The van der Waals surface area contributed by atoms with E-state index in [4.69, 9.17) is 0 Å². The summed E-state index contributed by atoms with van der Waals surface area (Å²) in [6.45, 7) is 2.85. The number of halogens is 2. The molecule has 2 rings (SSSR count). The van der Waals surface area contributed by atoms with Gasteiger partial charge in [-0.1, -0.05) is 0 Å². The second-order valence-electron chi connectivity index (χ2n) is 5.23. The molecule has 0 aliphatic carbocycles. The van der Waals surface area contributed by atoms with Gasteiger partial charge in [0.25, 0.3) is 0 Å². The second-order valence-corrected chi connectivity index (χ2v) is 5.23. The van der Waals surface area contributed by atoms with Crippen LogP contribution in [0.25, 0.3) is 0 Å². The van der Waals surface area contributed by atoms with E-state index in [9.17, 15) is 18.4 Å². The van der Waals surface area contributed by atoms with Gasteiger partial charge in [-0.25, -0.2) is 13.6 Å². The lowest BCUT2D eigenvalue weighted by Crippen LogP contribution is -2.49. The van der Waals surface area contributed by atoms with Crippen LogP contribution in [0.3, 0.4) is 0 Å². The van der Waals surface area contributed by atoms with E-state index in [1.807, 2.05) is 0 Å². The topological polar surface area (TPSA) is 61.4 Å². The minimum atomic E-state index is -0.548. The molecule has 0 spiro atoms. The molecule has 0 unspecified atom stereocenters. The van der Waals surface area contributed by atoms with Crippen molar-refractivity contribution in [1.29, 1.82) is 0 Å². The summed E-state index contributed by atoms with van der Waals surface area (Å²) >= 11 is 0. The SMILES string of the molecule is C[C@@H]1C(=O)NCCCN1C(=O)NCCc1cc(F)ccc1F. The molecule has 0 bridgehead atoms. The van der Waals surface area contributed by atoms with Crippen LogP contribution in [0.4, 0.5) is 13.6 Å². The van der Waals surface area contributed by atoms with E-state index in [0.717, 1.165) is 18.2 Å². The molecule has 3 amide bonds. The van der Waals surface area contributed by atoms with Gasteiger partial charge in [0.1, 0.15) is 17.7 Å². The molecule has 1 saturated heterocycles. The van der Waals surface area contributed by atoms with Gasteiger partial charge in [-0.15, -0.1) is 0 Å². The number of urea groups is 1. The monoisotopic (exact) mass is 311 g/mol. The van der Waals surface area contributed by atoms with Crippen molar-refractivity contribution in [3.63, 3.8) is 0 Å². The molecule has 1 heterocycles. The normalized spacial score (nSPS) is 18.6. The van der Waals surface area contributed by atoms with Gasteiger partial charge in [-0.05, 0) is 43.5 Å². The molecule has 22 heavy (non-hydrogen) atoms. The molecule has 2 N–H and O–H groups in total. The van der Waals surface area contributed by atoms with Crippen molar-refractivity contribution in [2.75, 3.05) is 19.6 Å². The highest BCUT2D eigenvalue weighted by Crippen LogP contribution is 2.10. The van der Waals surface area contributed by atoms with Crippen molar-refractivity contribution in [1.82, 2.24) is 15.5 Å². The smallest absolute Gasteiger partial charge is 0.318 e. The third kappa shape index (κ3) is 3.93. The van der Waals surface area contributed by atoms with E-state index in [1.165, 1.54) is 4.90 Å². The van der Waals surface area contributed by atoms with E-state index in [1.54, 1.807) is 6.92 Å². The van der Waals surface area contributed by atoms with Crippen LogP contribution in [-0.2, 0) is 11.2 Å². The molecule has 1 fully saturated rings. The van der Waals surface area contributed by atoms with Crippen LogP contribution in [0.15, 0.2) is 18.2 Å². The summed E-state index contributed by atoms with van der Waals surface area (Å²) in [6, 6.07) is 2.31. The first-order chi connectivity index (χ1) is 10.5. The maximum atomic E-state index is 13.5. The number of hydrogen-bond acceptors (Lipinski definition) is 2. The van der Waals surface area contributed by atoms with Gasteiger partial charge in [-0.2, -0.15) is 0 Å². The van der Waals surface area contributed by atoms with E-state index in [0.29, 0.717) is 19.5 Å². The largest absolute Gasteiger partial charge is 0.354 e. The second kappa shape index (κ2) is 7.20. The third-order valence-electron chi connectivity index (χ3n) is 3.66. The van der Waals surface area contributed by atoms with Crippen LogP contribution in [0, 0.1) is 11.6 Å². The van der Waals surface area contributed by atoms with Crippen LogP contribution in [0.2, 0.25) is 0 Å². The number of benzene rings is 1. The third-order valence-corrected chi connectivity index (χ3v) is 3.66. The van der Waals surface area contributed by atoms with E-state index >= 15 is 0 Å². The molecule has 0 saturated carbocycles. The Labute approximate surface area is 127 Å². The molecule has 0 aromatic heterocycles. The fourth-order valence-corrected chi connectivity index (χ4v) is 2.36. The Morgan fingerprint density at radius 2 is 2.23 bits per heavy atom. The highest BCUT2D eigenvalue weighted by Gasteiger charge is 2.27. The molecule has 7 heteroatoms. The van der Waals surface area contributed by atoms with Crippen molar-refractivity contribution < 1.29 is 18.4 Å². The summed E-state index contributed by atoms with van der Waals surface area (Å²) < 4.78 is 26.5. The van der Waals surface area contributed by atoms with Crippen LogP contribution < -0.4 is 10.6 Å². The van der Waals surface area contributed by atoms with Crippen LogP contribution in [0.5, 0.6) is 0 Å². The van der Waals surface area contributed by atoms with Gasteiger partial charge < -0.3 is 15.5 Å². The van der Waals surface area contributed by atoms with Crippen molar-refractivity contribution >= 4 is 11.9 Å². The van der Waals surface area contributed by atoms with Gasteiger partial charge in [0, 0.05) is 19.6 Å². The minimum Gasteiger partial charge on any atom is -0.354 e. The maximum Gasteiger partial charge on any atom is 0.318 e. The zero-order valence-electron chi connectivity index (χ0n) is 12.4. The van der Waals surface area contributed by atoms with Crippen LogP contribution in [-0.4, -0.2) is 42.5 Å². The molecule has 5 nitrogen and oxygen atoms in total. The van der Waals surface area contributed by atoms with Crippen molar-refractivity contribution in [3.8, 4) is 0 Å². The predicted molar refractivity (Wildman–Crippen MR) is 77.3 cm³/mol. The summed E-state index contributed by atoms with van der Waals surface area (Å²) in [6.07, 6.45) is 0.867. The standard InChI is InChI=1S/C15H19F2N3O2/c1-10-14(21)18-6-2-8-20(10)15(22)19-7-5-11-9-12(16)3-4-13(11)17/h3-4,9-10H,2,5-8H2,1H3,(H,18,21)(H,19,22)/t10-/m1/s1. The number of nitrogens with zero attached hydrogens (tertiary/aromatic N) is 1. The lowest BCUT2D eigenvalue weighted by Gasteiger charge is -2.25. The zero-order valence-corrected chi connectivity index (χ0v) is 12.4. The molecular weight excluding hydrogens is 292 g/mol. The molecule has 0 radical (unpaired) electrons. The fourth-order valence-electron chi connectivity index (χ4n) is 2.36. The average molecular weight is 311 g/mol. The quantitative estimate of drug-likeness (QED) is 0.887. The molecule has 1 aliphatic heterocycles. The van der Waals surface area contributed by atoms with Gasteiger partial charge >= 0.3 is 6.03 Å². The number of hydrogen-bond donors (Lipinski definition) is 2. The Morgan fingerprint density at radius 1 is 1.45 bits per heavy atom. The minimum absolute atomic E-state index is 0.171. The van der Waals surface area contributed by atoms with Crippen molar-refractivity contribution in [2.45, 2.75) is 25.8 Å². The Kier molecular flexibility index (Phi) is 5.30. The first kappa shape index (κ1) is 16.2. The lowest BCUT2D eigenvalue weighted by atomic mass is 10.1. The summed E-state index contributed by atoms with van der Waals surface area (Å²) in [5, 5.41) is 5.37. The number of carbonyl (C=O) groups is 2. The Bertz CT molecular complexity index is 566. The van der Waals surface area contributed by atoms with E-state index in [-0.39, 0.29) is 30.5 Å². The van der Waals surface area contributed by atoms with Gasteiger partial charge in [0.05, 0.1) is 0 Å². The molecule has 1 aromatic carbocycles. The zero-order chi connectivity index (χ0) is 16.1. The van der Waals surface area contributed by atoms with Crippen molar-refractivity contribution in [2.24, 2.45) is 0 Å². The Morgan fingerprint density at radius 3 is 3.00 bits per heavy atom. The molecule has 1 atom stereocenters. The number of carbonyl (C=O) groups excluding carboxylic acids is 2. The predicted octanol–water partition coefficient (Wildman–Crippen LogP) is 1.43. The first-order valence-electron chi connectivity index (χ1n) is 7.25. The Balaban J connectivity index is 1.89. The summed E-state index contributed by atoms with van der Waals surface area (Å²) in [7, 11) is 0. The summed E-state index contributed by atoms with van der Waals surface area (Å²) in [5.74, 6) is -1.21.